The van der Waals surface area contributed by atoms with Gasteiger partial charge in [0.25, 0.3) is 0 Å². The number of aliphatic hydroxyl groups excluding tert-OH is 1. The highest BCUT2D eigenvalue weighted by molar-refractivity contribution is 7.47. The third kappa shape index (κ3) is 71.7. The van der Waals surface area contributed by atoms with Crippen molar-refractivity contribution in [2.75, 3.05) is 39.6 Å². The smallest absolute Gasteiger partial charge is 0.462 e. The molecule has 97 heavy (non-hydrogen) atoms. The molecule has 0 aromatic heterocycles. The first kappa shape index (κ1) is 94.5. The van der Waals surface area contributed by atoms with Crippen LogP contribution < -0.4 is 0 Å². The summed E-state index contributed by atoms with van der Waals surface area (Å²) in [4.78, 5) is 72.6. The van der Waals surface area contributed by atoms with Crippen LogP contribution in [0.5, 0.6) is 0 Å². The maximum atomic E-state index is 13.1. The van der Waals surface area contributed by atoms with E-state index in [0.717, 1.165) is 115 Å². The first-order valence-electron chi connectivity index (χ1n) is 40.0. The first-order chi connectivity index (χ1) is 47.0. The van der Waals surface area contributed by atoms with E-state index < -0.39 is 97.5 Å². The lowest BCUT2D eigenvalue weighted by Crippen LogP contribution is -2.30. The van der Waals surface area contributed by atoms with Gasteiger partial charge in [0, 0.05) is 25.7 Å². The lowest BCUT2D eigenvalue weighted by atomic mass is 10.0. The predicted molar refractivity (Wildman–Crippen MR) is 395 cm³/mol. The molecule has 0 rings (SSSR count). The summed E-state index contributed by atoms with van der Waals surface area (Å²) >= 11 is 0. The Balaban J connectivity index is 5.16. The minimum absolute atomic E-state index is 0.0844. The number of allylic oxidation sites excluding steroid dienone is 4. The molecule has 0 aliphatic carbocycles. The number of carbonyl (C=O) groups excluding carboxylic acids is 4. The lowest BCUT2D eigenvalue weighted by Gasteiger charge is -2.21. The number of rotatable bonds is 76. The van der Waals surface area contributed by atoms with Gasteiger partial charge in [-0.2, -0.15) is 0 Å². The first-order valence-corrected chi connectivity index (χ1v) is 42.9. The molecule has 0 saturated carbocycles. The molecule has 0 saturated heterocycles. The van der Waals surface area contributed by atoms with Gasteiger partial charge < -0.3 is 33.8 Å². The van der Waals surface area contributed by atoms with Crippen molar-refractivity contribution >= 4 is 39.5 Å². The average molecular weight is 1420 g/mol. The van der Waals surface area contributed by atoms with Gasteiger partial charge in [-0.05, 0) is 57.3 Å². The van der Waals surface area contributed by atoms with Gasteiger partial charge in [-0.3, -0.25) is 37.3 Å². The van der Waals surface area contributed by atoms with E-state index in [1.807, 2.05) is 0 Å². The molecule has 5 atom stereocenters. The van der Waals surface area contributed by atoms with Crippen LogP contribution in [-0.4, -0.2) is 96.7 Å². The minimum atomic E-state index is -4.96. The van der Waals surface area contributed by atoms with E-state index in [0.29, 0.717) is 25.7 Å². The minimum Gasteiger partial charge on any atom is -0.462 e. The van der Waals surface area contributed by atoms with Crippen LogP contribution in [-0.2, 0) is 65.4 Å². The third-order valence-electron chi connectivity index (χ3n) is 17.7. The van der Waals surface area contributed by atoms with Crippen LogP contribution in [0.2, 0.25) is 0 Å². The van der Waals surface area contributed by atoms with Crippen molar-refractivity contribution < 1.29 is 80.2 Å². The number of phosphoric acid groups is 2. The summed E-state index contributed by atoms with van der Waals surface area (Å²) in [7, 11) is -9.92. The number of phosphoric ester groups is 2. The molecule has 3 N–H and O–H groups in total. The number of aliphatic hydroxyl groups is 1. The molecule has 0 aliphatic rings. The number of hydrogen-bond donors (Lipinski definition) is 3. The van der Waals surface area contributed by atoms with Crippen molar-refractivity contribution in [3.63, 3.8) is 0 Å². The van der Waals surface area contributed by atoms with Crippen LogP contribution in [0.1, 0.15) is 388 Å². The van der Waals surface area contributed by atoms with Gasteiger partial charge in [-0.15, -0.1) is 0 Å². The number of esters is 4. The summed E-state index contributed by atoms with van der Waals surface area (Å²) < 4.78 is 68.3. The topological polar surface area (TPSA) is 237 Å². The van der Waals surface area contributed by atoms with Crippen LogP contribution >= 0.6 is 15.6 Å². The molecule has 2 unspecified atom stereocenters. The van der Waals surface area contributed by atoms with Gasteiger partial charge in [0.05, 0.1) is 26.4 Å². The fourth-order valence-corrected chi connectivity index (χ4v) is 13.1. The molecule has 17 nitrogen and oxygen atoms in total. The second-order valence-electron chi connectivity index (χ2n) is 27.9. The second kappa shape index (κ2) is 70.6. The average Bonchev–Trinajstić information content (AvgIpc) is 1.34. The largest absolute Gasteiger partial charge is 0.472 e. The van der Waals surface area contributed by atoms with E-state index in [4.69, 9.17) is 37.0 Å². The van der Waals surface area contributed by atoms with Crippen LogP contribution in [0, 0.1) is 5.92 Å². The standard InChI is InChI=1S/C78H148O17P2/c1-6-9-12-15-17-19-21-23-25-26-27-28-32-37-41-45-49-54-59-64-78(83)95-74(68-89-76(81)62-57-52-47-43-39-35-33-29-31-34-38-42-46-51-55-60-71(4)5)70-93-97(86,87)91-66-72(79)65-90-96(84,85)92-69-73(67-88-75(80)61-56-50-14-11-8-3)94-77(82)63-58-53-48-44-40-36-30-24-22-20-18-16-13-10-7-2/h20,22,24,30,71-74,79H,6-19,21,23,25-29,31-70H2,1-5H3,(H,84,85)(H,86,87)/b22-20-,30-24-/t72-,73+,74+/m0/s1. The molecular formula is C78H148O17P2. The van der Waals surface area contributed by atoms with Crippen molar-refractivity contribution in [3.05, 3.63) is 24.3 Å². The summed E-state index contributed by atoms with van der Waals surface area (Å²) in [5.74, 6) is -1.35. The Bertz CT molecular complexity index is 1950. The molecule has 0 amide bonds. The maximum absolute atomic E-state index is 13.1. The quantitative estimate of drug-likeness (QED) is 0.0169. The zero-order chi connectivity index (χ0) is 71.2. The van der Waals surface area contributed by atoms with E-state index in [1.165, 1.54) is 193 Å². The van der Waals surface area contributed by atoms with E-state index >= 15 is 0 Å². The van der Waals surface area contributed by atoms with Crippen molar-refractivity contribution in [3.8, 4) is 0 Å². The highest BCUT2D eigenvalue weighted by atomic mass is 31.2. The molecule has 572 valence electrons. The monoisotopic (exact) mass is 1420 g/mol. The van der Waals surface area contributed by atoms with Gasteiger partial charge in [-0.25, -0.2) is 9.13 Å². The zero-order valence-electron chi connectivity index (χ0n) is 62.7. The SMILES string of the molecule is CCCCCC/C=C\C=C/CCCCCCCC(=O)O[C@H](COC(=O)CCCCCCC)COP(=O)(O)OC[C@H](O)COP(=O)(O)OC[C@@H](COC(=O)CCCCCCCCCCCCCCCCCC(C)C)OC(=O)CCCCCCCCCCCCCCCCCCCCC. The highest BCUT2D eigenvalue weighted by Crippen LogP contribution is 2.45. The van der Waals surface area contributed by atoms with Gasteiger partial charge >= 0.3 is 39.5 Å². The summed E-state index contributed by atoms with van der Waals surface area (Å²) in [5.41, 5.74) is 0. The lowest BCUT2D eigenvalue weighted by molar-refractivity contribution is -0.161. The zero-order valence-corrected chi connectivity index (χ0v) is 64.5. The van der Waals surface area contributed by atoms with E-state index in [2.05, 4.69) is 58.9 Å². The Hall–Kier alpha value is -2.46. The molecule has 0 fully saturated rings. The molecule has 0 heterocycles. The molecule has 0 bridgehead atoms. The Kier molecular flexibility index (Phi) is 68.8. The number of carbonyl (C=O) groups is 4. The molecule has 0 aliphatic heterocycles. The van der Waals surface area contributed by atoms with Gasteiger partial charge in [0.15, 0.2) is 12.2 Å². The van der Waals surface area contributed by atoms with Gasteiger partial charge in [0.1, 0.15) is 19.3 Å². The Morgan fingerprint density at radius 3 is 0.845 bits per heavy atom. The summed E-state index contributed by atoms with van der Waals surface area (Å²) in [6.45, 7) is 7.18. The van der Waals surface area contributed by atoms with Gasteiger partial charge in [-0.1, -0.05) is 335 Å². The summed E-state index contributed by atoms with van der Waals surface area (Å²) in [5, 5.41) is 10.6. The van der Waals surface area contributed by atoms with Crippen LogP contribution in [0.25, 0.3) is 0 Å². The van der Waals surface area contributed by atoms with E-state index in [1.54, 1.807) is 0 Å². The van der Waals surface area contributed by atoms with Crippen molar-refractivity contribution in [2.24, 2.45) is 5.92 Å². The van der Waals surface area contributed by atoms with Crippen molar-refractivity contribution in [2.45, 2.75) is 406 Å². The molecule has 0 spiro atoms. The third-order valence-corrected chi connectivity index (χ3v) is 19.6. The molecule has 0 aromatic rings. The van der Waals surface area contributed by atoms with Crippen LogP contribution in [0.15, 0.2) is 24.3 Å². The van der Waals surface area contributed by atoms with Gasteiger partial charge in [0.2, 0.25) is 0 Å². The molecule has 19 heteroatoms. The molecular weight excluding hydrogens is 1270 g/mol. The number of ether oxygens (including phenoxy) is 4. The number of hydrogen-bond acceptors (Lipinski definition) is 15. The Morgan fingerprint density at radius 1 is 0.320 bits per heavy atom. The Labute approximate surface area is 592 Å². The normalized spacial score (nSPS) is 14.1. The van der Waals surface area contributed by atoms with E-state index in [-0.39, 0.29) is 25.7 Å². The highest BCUT2D eigenvalue weighted by Gasteiger charge is 2.30. The molecule has 0 radical (unpaired) electrons. The fourth-order valence-electron chi connectivity index (χ4n) is 11.5. The molecule has 0 aromatic carbocycles. The summed E-state index contributed by atoms with van der Waals surface area (Å²) in [6.07, 6.45) is 63.7. The fraction of sp³-hybridized carbons (Fsp3) is 0.897. The Morgan fingerprint density at radius 2 is 0.557 bits per heavy atom. The van der Waals surface area contributed by atoms with Crippen LogP contribution in [0.3, 0.4) is 0 Å². The maximum Gasteiger partial charge on any atom is 0.472 e. The number of unbranched alkanes of at least 4 members (excludes halogenated alkanes) is 45. The second-order valence-corrected chi connectivity index (χ2v) is 30.8. The van der Waals surface area contributed by atoms with E-state index in [9.17, 15) is 43.2 Å². The predicted octanol–water partition coefficient (Wildman–Crippen LogP) is 22.8. The van der Waals surface area contributed by atoms with Crippen molar-refractivity contribution in [1.82, 2.24) is 0 Å². The summed E-state index contributed by atoms with van der Waals surface area (Å²) in [6, 6.07) is 0. The van der Waals surface area contributed by atoms with Crippen molar-refractivity contribution in [1.29, 1.82) is 0 Å². The van der Waals surface area contributed by atoms with Crippen LogP contribution in [0.4, 0.5) is 0 Å².